The monoisotopic (exact) mass is 267 g/mol. The van der Waals surface area contributed by atoms with Gasteiger partial charge in [-0.1, -0.05) is 26.2 Å². The van der Waals surface area contributed by atoms with E-state index >= 15 is 0 Å². The van der Waals surface area contributed by atoms with Crippen molar-refractivity contribution < 1.29 is 14.7 Å². The number of carboxylic acid groups (broad SMARTS) is 1. The molecule has 0 heterocycles. The lowest BCUT2D eigenvalue weighted by atomic mass is 9.66. The Morgan fingerprint density at radius 1 is 1.21 bits per heavy atom. The maximum atomic E-state index is 11.9. The minimum absolute atomic E-state index is 0.0827. The van der Waals surface area contributed by atoms with Gasteiger partial charge >= 0.3 is 5.97 Å². The normalized spacial score (nSPS) is 29.3. The molecular formula is C15H25NO3. The summed E-state index contributed by atoms with van der Waals surface area (Å²) in [5.41, 5.74) is -0.759. The van der Waals surface area contributed by atoms with Crippen LogP contribution >= 0.6 is 0 Å². The summed E-state index contributed by atoms with van der Waals surface area (Å²) in [6.45, 7) is 3.00. The molecule has 0 saturated heterocycles. The molecule has 0 atom stereocenters. The van der Waals surface area contributed by atoms with E-state index in [0.29, 0.717) is 18.8 Å². The van der Waals surface area contributed by atoms with E-state index in [2.05, 4.69) is 12.2 Å². The number of carbonyl (C=O) groups is 2. The fourth-order valence-electron chi connectivity index (χ4n) is 3.23. The highest BCUT2D eigenvalue weighted by Crippen LogP contribution is 2.44. The number of aliphatic carboxylic acids is 1. The van der Waals surface area contributed by atoms with Crippen LogP contribution in [0.3, 0.4) is 0 Å². The van der Waals surface area contributed by atoms with E-state index in [4.69, 9.17) is 0 Å². The van der Waals surface area contributed by atoms with Crippen LogP contribution in [0.5, 0.6) is 0 Å². The van der Waals surface area contributed by atoms with Crippen LogP contribution in [0, 0.1) is 17.3 Å². The molecule has 0 aromatic carbocycles. The largest absolute Gasteiger partial charge is 0.481 e. The number of nitrogens with one attached hydrogen (secondary N) is 1. The van der Waals surface area contributed by atoms with Crippen LogP contribution < -0.4 is 5.32 Å². The molecule has 4 nitrogen and oxygen atoms in total. The molecule has 0 aromatic heterocycles. The van der Waals surface area contributed by atoms with E-state index in [1.807, 2.05) is 0 Å². The van der Waals surface area contributed by atoms with Crippen LogP contribution in [0.2, 0.25) is 0 Å². The van der Waals surface area contributed by atoms with Crippen LogP contribution in [-0.4, -0.2) is 23.5 Å². The lowest BCUT2D eigenvalue weighted by Gasteiger charge is -2.37. The van der Waals surface area contributed by atoms with Gasteiger partial charge in [-0.25, -0.2) is 0 Å². The first-order valence-corrected chi connectivity index (χ1v) is 7.52. The van der Waals surface area contributed by atoms with Gasteiger partial charge in [-0.3, -0.25) is 9.59 Å². The average molecular weight is 267 g/mol. The smallest absolute Gasteiger partial charge is 0.310 e. The van der Waals surface area contributed by atoms with Crippen LogP contribution in [0.4, 0.5) is 0 Å². The Balaban J connectivity index is 1.71. The summed E-state index contributed by atoms with van der Waals surface area (Å²) in [5, 5.41) is 12.1. The second kappa shape index (κ2) is 5.93. The Kier molecular flexibility index (Phi) is 4.48. The van der Waals surface area contributed by atoms with E-state index in [1.165, 1.54) is 25.7 Å². The minimum atomic E-state index is -0.805. The van der Waals surface area contributed by atoms with E-state index in [1.54, 1.807) is 0 Å². The van der Waals surface area contributed by atoms with E-state index < -0.39 is 11.4 Å². The molecule has 4 heteroatoms. The third-order valence-electron chi connectivity index (χ3n) is 4.99. The summed E-state index contributed by atoms with van der Waals surface area (Å²) in [4.78, 5) is 23.1. The van der Waals surface area contributed by atoms with Crippen molar-refractivity contribution in [3.8, 4) is 0 Å². The summed E-state index contributed by atoms with van der Waals surface area (Å²) in [6.07, 6.45) is 7.26. The van der Waals surface area contributed by atoms with Crippen molar-refractivity contribution in [2.45, 2.75) is 58.3 Å². The van der Waals surface area contributed by atoms with Gasteiger partial charge < -0.3 is 10.4 Å². The number of hydrogen-bond donors (Lipinski definition) is 2. The fourth-order valence-corrected chi connectivity index (χ4v) is 3.23. The van der Waals surface area contributed by atoms with E-state index in [0.717, 1.165) is 18.9 Å². The molecule has 2 rings (SSSR count). The Morgan fingerprint density at radius 2 is 1.84 bits per heavy atom. The van der Waals surface area contributed by atoms with Gasteiger partial charge in [0.25, 0.3) is 0 Å². The maximum Gasteiger partial charge on any atom is 0.310 e. The highest BCUT2D eigenvalue weighted by Gasteiger charge is 2.45. The summed E-state index contributed by atoms with van der Waals surface area (Å²) >= 11 is 0. The summed E-state index contributed by atoms with van der Waals surface area (Å²) in [6, 6.07) is 0. The quantitative estimate of drug-likeness (QED) is 0.804. The lowest BCUT2D eigenvalue weighted by molar-refractivity contribution is -0.157. The summed E-state index contributed by atoms with van der Waals surface area (Å²) in [7, 11) is 0. The molecule has 0 aromatic rings. The van der Waals surface area contributed by atoms with Crippen molar-refractivity contribution in [3.05, 3.63) is 0 Å². The molecule has 1 amide bonds. The zero-order chi connectivity index (χ0) is 13.9. The predicted octanol–water partition coefficient (Wildman–Crippen LogP) is 2.57. The first-order valence-electron chi connectivity index (χ1n) is 7.52. The highest BCUT2D eigenvalue weighted by atomic mass is 16.4. The fraction of sp³-hybridized carbons (Fsp3) is 0.867. The van der Waals surface area contributed by atoms with Crippen molar-refractivity contribution >= 4 is 11.9 Å². The molecule has 108 valence electrons. The zero-order valence-corrected chi connectivity index (χ0v) is 11.8. The Hall–Kier alpha value is -1.06. The Bertz CT molecular complexity index is 341. The van der Waals surface area contributed by atoms with Crippen molar-refractivity contribution in [1.82, 2.24) is 5.32 Å². The standard InChI is InChI=1S/C15H25NO3/c1-11-3-5-12(6-4-11)10-16-13(17)9-15(14(18)19)7-2-8-15/h11-12H,2-10H2,1H3,(H,16,17)(H,18,19). The first kappa shape index (κ1) is 14.4. The van der Waals surface area contributed by atoms with Crippen molar-refractivity contribution in [3.63, 3.8) is 0 Å². The maximum absolute atomic E-state index is 11.9. The van der Waals surface area contributed by atoms with Crippen LogP contribution in [-0.2, 0) is 9.59 Å². The van der Waals surface area contributed by atoms with Gasteiger partial charge in [-0.2, -0.15) is 0 Å². The minimum Gasteiger partial charge on any atom is -0.481 e. The molecule has 0 unspecified atom stereocenters. The molecule has 0 aliphatic heterocycles. The van der Waals surface area contributed by atoms with Gasteiger partial charge in [0.05, 0.1) is 5.41 Å². The number of rotatable bonds is 5. The van der Waals surface area contributed by atoms with Gasteiger partial charge in [0.1, 0.15) is 0 Å². The van der Waals surface area contributed by atoms with Crippen LogP contribution in [0.15, 0.2) is 0 Å². The van der Waals surface area contributed by atoms with Gasteiger partial charge in [0.2, 0.25) is 5.91 Å². The molecule has 0 radical (unpaired) electrons. The molecular weight excluding hydrogens is 242 g/mol. The van der Waals surface area contributed by atoms with Crippen molar-refractivity contribution in [1.29, 1.82) is 0 Å². The lowest BCUT2D eigenvalue weighted by Crippen LogP contribution is -2.43. The van der Waals surface area contributed by atoms with Gasteiger partial charge in [0.15, 0.2) is 0 Å². The summed E-state index contributed by atoms with van der Waals surface area (Å²) in [5.74, 6) is 0.514. The third-order valence-corrected chi connectivity index (χ3v) is 4.99. The average Bonchev–Trinajstić information content (AvgIpc) is 2.32. The van der Waals surface area contributed by atoms with Crippen LogP contribution in [0.1, 0.15) is 58.3 Å². The number of carbonyl (C=O) groups excluding carboxylic acids is 1. The molecule has 2 N–H and O–H groups in total. The van der Waals surface area contributed by atoms with Gasteiger partial charge in [-0.15, -0.1) is 0 Å². The van der Waals surface area contributed by atoms with E-state index in [9.17, 15) is 14.7 Å². The van der Waals surface area contributed by atoms with Crippen LogP contribution in [0.25, 0.3) is 0 Å². The van der Waals surface area contributed by atoms with Crippen molar-refractivity contribution in [2.24, 2.45) is 17.3 Å². The molecule has 2 aliphatic carbocycles. The Morgan fingerprint density at radius 3 is 2.32 bits per heavy atom. The molecule has 2 fully saturated rings. The number of carboxylic acids is 1. The second-order valence-corrected chi connectivity index (χ2v) is 6.55. The second-order valence-electron chi connectivity index (χ2n) is 6.55. The van der Waals surface area contributed by atoms with E-state index in [-0.39, 0.29) is 12.3 Å². The molecule has 2 saturated carbocycles. The number of hydrogen-bond acceptors (Lipinski definition) is 2. The van der Waals surface area contributed by atoms with Gasteiger partial charge in [0, 0.05) is 13.0 Å². The highest BCUT2D eigenvalue weighted by molar-refractivity contribution is 5.85. The number of amides is 1. The molecule has 0 bridgehead atoms. The van der Waals surface area contributed by atoms with Gasteiger partial charge in [-0.05, 0) is 37.5 Å². The molecule has 19 heavy (non-hydrogen) atoms. The summed E-state index contributed by atoms with van der Waals surface area (Å²) < 4.78 is 0. The molecule has 0 spiro atoms. The molecule has 2 aliphatic rings. The van der Waals surface area contributed by atoms with Crippen molar-refractivity contribution in [2.75, 3.05) is 6.54 Å². The first-order chi connectivity index (χ1) is 9.02. The predicted molar refractivity (Wildman–Crippen MR) is 72.7 cm³/mol. The topological polar surface area (TPSA) is 66.4 Å². The Labute approximate surface area is 115 Å². The third kappa shape index (κ3) is 3.48. The zero-order valence-electron chi connectivity index (χ0n) is 11.8. The SMILES string of the molecule is CC1CCC(CNC(=O)CC2(C(=O)O)CCC2)CC1.